The van der Waals surface area contributed by atoms with Crippen LogP contribution >= 0.6 is 0 Å². The zero-order chi connectivity index (χ0) is 13.3. The quantitative estimate of drug-likeness (QED) is 0.881. The van der Waals surface area contributed by atoms with Crippen LogP contribution in [0.15, 0.2) is 24.4 Å². The van der Waals surface area contributed by atoms with Crippen molar-refractivity contribution in [1.29, 1.82) is 0 Å². The number of anilines is 1. The molecule has 0 aliphatic carbocycles. The highest BCUT2D eigenvalue weighted by molar-refractivity contribution is 6.05. The van der Waals surface area contributed by atoms with Crippen molar-refractivity contribution in [2.24, 2.45) is 7.05 Å². The molecule has 0 fully saturated rings. The van der Waals surface area contributed by atoms with Crippen molar-refractivity contribution >= 4 is 11.6 Å². The molecule has 0 saturated heterocycles. The molecule has 0 unspecified atom stereocenters. The number of nitrogens with zero attached hydrogens (tertiary/aromatic N) is 2. The SMILES string of the molecule is Cc1ccc(C)c(NC(=O)c2cn(C)nc2C)c1. The molecule has 0 aliphatic rings. The van der Waals surface area contributed by atoms with Gasteiger partial charge in [-0.1, -0.05) is 12.1 Å². The number of nitrogens with one attached hydrogen (secondary N) is 1. The van der Waals surface area contributed by atoms with Gasteiger partial charge in [0, 0.05) is 18.9 Å². The molecule has 1 aromatic heterocycles. The Balaban J connectivity index is 2.26. The maximum absolute atomic E-state index is 12.1. The van der Waals surface area contributed by atoms with Crippen molar-refractivity contribution in [2.75, 3.05) is 5.32 Å². The Labute approximate surface area is 107 Å². The van der Waals surface area contributed by atoms with Crippen LogP contribution in [-0.2, 0) is 7.05 Å². The van der Waals surface area contributed by atoms with Crippen LogP contribution in [-0.4, -0.2) is 15.7 Å². The lowest BCUT2D eigenvalue weighted by Crippen LogP contribution is -2.13. The van der Waals surface area contributed by atoms with Gasteiger partial charge in [-0.15, -0.1) is 0 Å². The topological polar surface area (TPSA) is 46.9 Å². The van der Waals surface area contributed by atoms with Crippen LogP contribution in [0.3, 0.4) is 0 Å². The van der Waals surface area contributed by atoms with Crippen LogP contribution in [0.5, 0.6) is 0 Å². The predicted molar refractivity (Wildman–Crippen MR) is 71.8 cm³/mol. The molecule has 0 aliphatic heterocycles. The Hall–Kier alpha value is -2.10. The molecule has 0 atom stereocenters. The van der Waals surface area contributed by atoms with E-state index in [4.69, 9.17) is 0 Å². The standard InChI is InChI=1S/C14H17N3O/c1-9-5-6-10(2)13(7-9)15-14(18)12-8-17(4)16-11(12)3/h5-8H,1-4H3,(H,15,18). The fourth-order valence-corrected chi connectivity index (χ4v) is 1.88. The highest BCUT2D eigenvalue weighted by atomic mass is 16.1. The third kappa shape index (κ3) is 2.42. The van der Waals surface area contributed by atoms with Crippen LogP contribution in [0, 0.1) is 20.8 Å². The summed E-state index contributed by atoms with van der Waals surface area (Å²) in [6, 6.07) is 6.00. The van der Waals surface area contributed by atoms with Gasteiger partial charge in [-0.25, -0.2) is 0 Å². The summed E-state index contributed by atoms with van der Waals surface area (Å²) >= 11 is 0. The minimum atomic E-state index is -0.116. The molecule has 4 heteroatoms. The van der Waals surface area contributed by atoms with Crippen LogP contribution in [0.1, 0.15) is 27.2 Å². The number of rotatable bonds is 2. The smallest absolute Gasteiger partial charge is 0.259 e. The van der Waals surface area contributed by atoms with Crippen molar-refractivity contribution < 1.29 is 4.79 Å². The Kier molecular flexibility index (Phi) is 3.19. The van der Waals surface area contributed by atoms with Crippen LogP contribution in [0.2, 0.25) is 0 Å². The lowest BCUT2D eigenvalue weighted by molar-refractivity contribution is 0.102. The number of aromatic nitrogens is 2. The molecule has 0 radical (unpaired) electrons. The summed E-state index contributed by atoms with van der Waals surface area (Å²) in [7, 11) is 1.81. The van der Waals surface area contributed by atoms with E-state index in [-0.39, 0.29) is 5.91 Å². The molecule has 0 saturated carbocycles. The summed E-state index contributed by atoms with van der Waals surface area (Å²) in [4.78, 5) is 12.1. The zero-order valence-corrected chi connectivity index (χ0v) is 11.1. The van der Waals surface area contributed by atoms with Crippen LogP contribution < -0.4 is 5.32 Å². The summed E-state index contributed by atoms with van der Waals surface area (Å²) in [5, 5.41) is 7.10. The van der Waals surface area contributed by atoms with E-state index in [1.54, 1.807) is 10.9 Å². The number of amides is 1. The lowest BCUT2D eigenvalue weighted by atomic mass is 10.1. The van der Waals surface area contributed by atoms with E-state index in [9.17, 15) is 4.79 Å². The summed E-state index contributed by atoms with van der Waals surface area (Å²) < 4.78 is 1.65. The Bertz CT molecular complexity index is 599. The third-order valence-electron chi connectivity index (χ3n) is 2.90. The first-order valence-corrected chi connectivity index (χ1v) is 5.86. The molecule has 1 aromatic carbocycles. The molecule has 2 rings (SSSR count). The van der Waals surface area contributed by atoms with E-state index in [0.717, 1.165) is 22.5 Å². The number of aryl methyl sites for hydroxylation is 4. The zero-order valence-electron chi connectivity index (χ0n) is 11.1. The van der Waals surface area contributed by atoms with Gasteiger partial charge in [0.05, 0.1) is 11.3 Å². The summed E-state index contributed by atoms with van der Waals surface area (Å²) in [5.41, 5.74) is 4.37. The highest BCUT2D eigenvalue weighted by Crippen LogP contribution is 2.18. The van der Waals surface area contributed by atoms with Crippen molar-refractivity contribution in [3.8, 4) is 0 Å². The van der Waals surface area contributed by atoms with Gasteiger partial charge in [0.2, 0.25) is 0 Å². The van der Waals surface area contributed by atoms with Crippen molar-refractivity contribution in [3.63, 3.8) is 0 Å². The van der Waals surface area contributed by atoms with E-state index in [2.05, 4.69) is 10.4 Å². The Morgan fingerprint density at radius 3 is 2.61 bits per heavy atom. The minimum absolute atomic E-state index is 0.116. The Morgan fingerprint density at radius 1 is 1.28 bits per heavy atom. The van der Waals surface area contributed by atoms with E-state index >= 15 is 0 Å². The molecule has 0 bridgehead atoms. The van der Waals surface area contributed by atoms with E-state index in [1.807, 2.05) is 46.0 Å². The van der Waals surface area contributed by atoms with Crippen molar-refractivity contribution in [2.45, 2.75) is 20.8 Å². The number of carbonyl (C=O) groups excluding carboxylic acids is 1. The third-order valence-corrected chi connectivity index (χ3v) is 2.90. The molecule has 4 nitrogen and oxygen atoms in total. The van der Waals surface area contributed by atoms with Gasteiger partial charge in [0.15, 0.2) is 0 Å². The summed E-state index contributed by atoms with van der Waals surface area (Å²) in [6.45, 7) is 5.81. The largest absolute Gasteiger partial charge is 0.322 e. The minimum Gasteiger partial charge on any atom is -0.322 e. The monoisotopic (exact) mass is 243 g/mol. The first-order valence-electron chi connectivity index (χ1n) is 5.86. The van der Waals surface area contributed by atoms with Gasteiger partial charge in [-0.3, -0.25) is 9.48 Å². The highest BCUT2D eigenvalue weighted by Gasteiger charge is 2.13. The normalized spacial score (nSPS) is 10.4. The second-order valence-electron chi connectivity index (χ2n) is 4.57. The molecular weight excluding hydrogens is 226 g/mol. The molecule has 18 heavy (non-hydrogen) atoms. The fourth-order valence-electron chi connectivity index (χ4n) is 1.88. The first kappa shape index (κ1) is 12.4. The van der Waals surface area contributed by atoms with Crippen molar-refractivity contribution in [3.05, 3.63) is 46.8 Å². The Morgan fingerprint density at radius 2 is 2.00 bits per heavy atom. The van der Waals surface area contributed by atoms with Gasteiger partial charge in [-0.2, -0.15) is 5.10 Å². The van der Waals surface area contributed by atoms with Gasteiger partial charge in [0.25, 0.3) is 5.91 Å². The molecule has 1 N–H and O–H groups in total. The van der Waals surface area contributed by atoms with Gasteiger partial charge >= 0.3 is 0 Å². The van der Waals surface area contributed by atoms with Gasteiger partial charge in [0.1, 0.15) is 0 Å². The number of benzene rings is 1. The molecule has 2 aromatic rings. The van der Waals surface area contributed by atoms with Crippen LogP contribution in [0.4, 0.5) is 5.69 Å². The van der Waals surface area contributed by atoms with E-state index in [1.165, 1.54) is 0 Å². The molecule has 1 amide bonds. The number of carbonyl (C=O) groups is 1. The number of hydrogen-bond acceptors (Lipinski definition) is 2. The maximum atomic E-state index is 12.1. The van der Waals surface area contributed by atoms with Gasteiger partial charge in [-0.05, 0) is 38.0 Å². The number of hydrogen-bond donors (Lipinski definition) is 1. The average molecular weight is 243 g/mol. The maximum Gasteiger partial charge on any atom is 0.259 e. The van der Waals surface area contributed by atoms with E-state index < -0.39 is 0 Å². The summed E-state index contributed by atoms with van der Waals surface area (Å²) in [6.07, 6.45) is 1.73. The van der Waals surface area contributed by atoms with Gasteiger partial charge < -0.3 is 5.32 Å². The van der Waals surface area contributed by atoms with Crippen molar-refractivity contribution in [1.82, 2.24) is 9.78 Å². The van der Waals surface area contributed by atoms with E-state index in [0.29, 0.717) is 5.56 Å². The summed E-state index contributed by atoms with van der Waals surface area (Å²) in [5.74, 6) is -0.116. The second kappa shape index (κ2) is 4.64. The molecule has 94 valence electrons. The van der Waals surface area contributed by atoms with Crippen LogP contribution in [0.25, 0.3) is 0 Å². The molecule has 1 heterocycles. The predicted octanol–water partition coefficient (Wildman–Crippen LogP) is 2.60. The second-order valence-corrected chi connectivity index (χ2v) is 4.57. The lowest BCUT2D eigenvalue weighted by Gasteiger charge is -2.08. The molecule has 0 spiro atoms. The molecular formula is C14H17N3O. The fraction of sp³-hybridized carbons (Fsp3) is 0.286. The average Bonchev–Trinajstić information content (AvgIpc) is 2.63. The first-order chi connectivity index (χ1) is 8.47.